The normalized spacial score (nSPS) is 22.0. The fourth-order valence-corrected chi connectivity index (χ4v) is 2.86. The van der Waals surface area contributed by atoms with E-state index in [-0.39, 0.29) is 24.2 Å². The molecule has 1 fully saturated rings. The van der Waals surface area contributed by atoms with E-state index >= 15 is 0 Å². The van der Waals surface area contributed by atoms with E-state index < -0.39 is 16.8 Å². The third kappa shape index (κ3) is 2.57. The largest absolute Gasteiger partial charge is 0.481 e. The van der Waals surface area contributed by atoms with Crippen molar-refractivity contribution in [2.75, 3.05) is 18.0 Å². The fraction of sp³-hybridized carbons (Fsp3) is 0.692. The zero-order valence-electron chi connectivity index (χ0n) is 12.6. The Morgan fingerprint density at radius 3 is 2.52 bits per heavy atom. The Labute approximate surface area is 122 Å². The number of carboxylic acid groups (broad SMARTS) is 1. The quantitative estimate of drug-likeness (QED) is 0.672. The molecule has 2 atom stereocenters. The molecule has 1 aliphatic rings. The molecule has 2 unspecified atom stereocenters. The third-order valence-electron chi connectivity index (χ3n) is 3.93. The van der Waals surface area contributed by atoms with Gasteiger partial charge in [-0.3, -0.25) is 14.9 Å². The number of nitrogens with zero attached hydrogens (tertiary/aromatic N) is 4. The summed E-state index contributed by atoms with van der Waals surface area (Å²) in [5.74, 6) is -1.01. The Kier molecular flexibility index (Phi) is 3.89. The van der Waals surface area contributed by atoms with Gasteiger partial charge >= 0.3 is 11.7 Å². The Morgan fingerprint density at radius 2 is 2.10 bits per heavy atom. The van der Waals surface area contributed by atoms with Crippen molar-refractivity contribution in [3.05, 3.63) is 15.8 Å². The van der Waals surface area contributed by atoms with Gasteiger partial charge in [0.25, 0.3) is 0 Å². The summed E-state index contributed by atoms with van der Waals surface area (Å²) in [6.45, 7) is 8.01. The van der Waals surface area contributed by atoms with Crippen LogP contribution in [0.25, 0.3) is 0 Å². The maximum Gasteiger partial charge on any atom is 0.333 e. The average molecular weight is 296 g/mol. The molecular formula is C13H20N4O4. The number of hydrogen-bond donors (Lipinski definition) is 1. The summed E-state index contributed by atoms with van der Waals surface area (Å²) in [6.07, 6.45) is 0. The van der Waals surface area contributed by atoms with Crippen molar-refractivity contribution < 1.29 is 14.8 Å². The predicted octanol–water partition coefficient (Wildman–Crippen LogP) is 1.84. The molecule has 1 N–H and O–H groups in total. The minimum Gasteiger partial charge on any atom is -0.481 e. The first-order chi connectivity index (χ1) is 9.73. The predicted molar refractivity (Wildman–Crippen MR) is 76.5 cm³/mol. The van der Waals surface area contributed by atoms with Crippen LogP contribution in [-0.4, -0.2) is 38.9 Å². The van der Waals surface area contributed by atoms with E-state index in [4.69, 9.17) is 0 Å². The highest BCUT2D eigenvalue weighted by atomic mass is 16.6. The van der Waals surface area contributed by atoms with Gasteiger partial charge in [0.15, 0.2) is 0 Å². The van der Waals surface area contributed by atoms with E-state index in [9.17, 15) is 20.0 Å². The molecule has 0 bridgehead atoms. The Morgan fingerprint density at radius 1 is 1.48 bits per heavy atom. The summed E-state index contributed by atoms with van der Waals surface area (Å²) in [4.78, 5) is 23.9. The third-order valence-corrected chi connectivity index (χ3v) is 3.93. The number of carbonyl (C=O) groups is 1. The molecule has 8 heteroatoms. The van der Waals surface area contributed by atoms with Crippen LogP contribution in [-0.2, 0) is 4.79 Å². The molecule has 0 aromatic carbocycles. The smallest absolute Gasteiger partial charge is 0.333 e. The van der Waals surface area contributed by atoms with Crippen LogP contribution < -0.4 is 4.90 Å². The van der Waals surface area contributed by atoms with Crippen molar-refractivity contribution in [1.29, 1.82) is 0 Å². The van der Waals surface area contributed by atoms with Crippen LogP contribution in [0, 0.1) is 28.9 Å². The SMILES string of the molecule is Cc1nn(C(C)C)c(N2CC(C)C(C(=O)O)C2)c1[N+](=O)[O-]. The van der Waals surface area contributed by atoms with Crippen LogP contribution >= 0.6 is 0 Å². The Hall–Kier alpha value is -2.12. The highest BCUT2D eigenvalue weighted by Crippen LogP contribution is 2.38. The van der Waals surface area contributed by atoms with Crippen LogP contribution in [0.2, 0.25) is 0 Å². The Bertz CT molecular complexity index is 581. The van der Waals surface area contributed by atoms with Gasteiger partial charge in [-0.05, 0) is 26.7 Å². The first-order valence-corrected chi connectivity index (χ1v) is 6.95. The summed E-state index contributed by atoms with van der Waals surface area (Å²) in [6, 6.07) is -0.0356. The maximum absolute atomic E-state index is 11.3. The van der Waals surface area contributed by atoms with Gasteiger partial charge in [0.2, 0.25) is 5.82 Å². The van der Waals surface area contributed by atoms with Crippen LogP contribution in [0.1, 0.15) is 32.5 Å². The van der Waals surface area contributed by atoms with Gasteiger partial charge in [0, 0.05) is 19.1 Å². The number of aromatic nitrogens is 2. The number of hydrogen-bond acceptors (Lipinski definition) is 5. The van der Waals surface area contributed by atoms with E-state index in [0.29, 0.717) is 18.1 Å². The number of rotatable bonds is 4. The molecule has 1 aliphatic heterocycles. The van der Waals surface area contributed by atoms with Crippen LogP contribution in [0.4, 0.5) is 11.5 Å². The lowest BCUT2D eigenvalue weighted by molar-refractivity contribution is -0.384. The molecule has 21 heavy (non-hydrogen) atoms. The highest BCUT2D eigenvalue weighted by molar-refractivity contribution is 5.73. The molecule has 8 nitrogen and oxygen atoms in total. The summed E-state index contributed by atoms with van der Waals surface area (Å²) in [5, 5.41) is 24.8. The monoisotopic (exact) mass is 296 g/mol. The van der Waals surface area contributed by atoms with Gasteiger partial charge in [0.1, 0.15) is 5.69 Å². The fourth-order valence-electron chi connectivity index (χ4n) is 2.86. The lowest BCUT2D eigenvalue weighted by Gasteiger charge is -2.20. The molecule has 1 aromatic heterocycles. The first kappa shape index (κ1) is 15.3. The molecule has 0 saturated carbocycles. The summed E-state index contributed by atoms with van der Waals surface area (Å²) < 4.78 is 1.62. The Balaban J connectivity index is 2.48. The minimum absolute atomic E-state index is 0.0260. The second-order valence-corrected chi connectivity index (χ2v) is 5.88. The molecule has 1 aromatic rings. The number of anilines is 1. The minimum atomic E-state index is -0.861. The van der Waals surface area contributed by atoms with Crippen LogP contribution in [0.3, 0.4) is 0 Å². The summed E-state index contributed by atoms with van der Waals surface area (Å²) in [7, 11) is 0. The van der Waals surface area contributed by atoms with Gasteiger partial charge in [-0.15, -0.1) is 0 Å². The topological polar surface area (TPSA) is 102 Å². The average Bonchev–Trinajstić information content (AvgIpc) is 2.89. The molecule has 1 saturated heterocycles. The van der Waals surface area contributed by atoms with Gasteiger partial charge in [-0.25, -0.2) is 4.68 Å². The van der Waals surface area contributed by atoms with E-state index in [2.05, 4.69) is 5.10 Å². The van der Waals surface area contributed by atoms with E-state index in [1.807, 2.05) is 20.8 Å². The molecule has 116 valence electrons. The lowest BCUT2D eigenvalue weighted by Crippen LogP contribution is -2.26. The molecule has 0 spiro atoms. The van der Waals surface area contributed by atoms with E-state index in [1.165, 1.54) is 0 Å². The molecule has 0 aliphatic carbocycles. The number of carboxylic acids is 1. The standard InChI is InChI=1S/C13H20N4O4/c1-7(2)16-12(11(17(20)21)9(4)14-16)15-5-8(3)10(6-15)13(18)19/h7-8,10H,5-6H2,1-4H3,(H,18,19). The van der Waals surface area contributed by atoms with Gasteiger partial charge in [-0.2, -0.15) is 5.10 Å². The van der Waals surface area contributed by atoms with Crippen molar-refractivity contribution in [3.8, 4) is 0 Å². The van der Waals surface area contributed by atoms with Crippen molar-refractivity contribution in [3.63, 3.8) is 0 Å². The van der Waals surface area contributed by atoms with Gasteiger partial charge in [0.05, 0.1) is 10.8 Å². The van der Waals surface area contributed by atoms with Crippen molar-refractivity contribution >= 4 is 17.5 Å². The zero-order valence-corrected chi connectivity index (χ0v) is 12.6. The van der Waals surface area contributed by atoms with E-state index in [1.54, 1.807) is 16.5 Å². The molecule has 2 heterocycles. The lowest BCUT2D eigenvalue weighted by atomic mass is 9.99. The van der Waals surface area contributed by atoms with Crippen LogP contribution in [0.5, 0.6) is 0 Å². The molecular weight excluding hydrogens is 276 g/mol. The zero-order chi connectivity index (χ0) is 15.9. The van der Waals surface area contributed by atoms with Crippen molar-refractivity contribution in [1.82, 2.24) is 9.78 Å². The highest BCUT2D eigenvalue weighted by Gasteiger charge is 2.40. The van der Waals surface area contributed by atoms with Crippen molar-refractivity contribution in [2.24, 2.45) is 11.8 Å². The van der Waals surface area contributed by atoms with Gasteiger partial charge in [-0.1, -0.05) is 6.92 Å². The maximum atomic E-state index is 11.3. The molecule has 0 amide bonds. The number of nitro groups is 1. The molecule has 0 radical (unpaired) electrons. The number of aryl methyl sites for hydroxylation is 1. The second kappa shape index (κ2) is 5.34. The van der Waals surface area contributed by atoms with Crippen molar-refractivity contribution in [2.45, 2.75) is 33.7 Å². The van der Waals surface area contributed by atoms with Gasteiger partial charge < -0.3 is 10.0 Å². The second-order valence-electron chi connectivity index (χ2n) is 5.88. The van der Waals surface area contributed by atoms with Crippen LogP contribution in [0.15, 0.2) is 0 Å². The molecule has 2 rings (SSSR count). The number of aliphatic carboxylic acids is 1. The van der Waals surface area contributed by atoms with E-state index in [0.717, 1.165) is 0 Å². The summed E-state index contributed by atoms with van der Waals surface area (Å²) in [5.41, 5.74) is 0.331. The summed E-state index contributed by atoms with van der Waals surface area (Å²) >= 11 is 0. The first-order valence-electron chi connectivity index (χ1n) is 6.95.